The maximum atomic E-state index is 11.9. The number of carbonyl (C=O) groups is 2. The highest BCUT2D eigenvalue weighted by Crippen LogP contribution is 2.67. The molecule has 0 aromatic carbocycles. The van der Waals surface area contributed by atoms with Gasteiger partial charge >= 0.3 is 0 Å². The van der Waals surface area contributed by atoms with Crippen molar-refractivity contribution in [2.75, 3.05) is 0 Å². The molecule has 0 spiro atoms. The lowest BCUT2D eigenvalue weighted by Gasteiger charge is -2.59. The lowest BCUT2D eigenvalue weighted by atomic mass is 9.46. The fraction of sp³-hybridized carbons (Fsp3) is 0.818. The highest BCUT2D eigenvalue weighted by atomic mass is 16.3. The van der Waals surface area contributed by atoms with Gasteiger partial charge in [-0.2, -0.15) is 0 Å². The maximum Gasteiger partial charge on any atom is 0.155 e. The van der Waals surface area contributed by atoms with Crippen LogP contribution in [0.15, 0.2) is 11.6 Å². The first-order chi connectivity index (χ1) is 11.8. The zero-order valence-electron chi connectivity index (χ0n) is 15.8. The summed E-state index contributed by atoms with van der Waals surface area (Å²) in [5.41, 5.74) is 1.48. The predicted molar refractivity (Wildman–Crippen MR) is 96.8 cm³/mol. The molecule has 4 rings (SSSR count). The first-order valence-electron chi connectivity index (χ1n) is 10.2. The van der Waals surface area contributed by atoms with Crippen molar-refractivity contribution in [2.24, 2.45) is 40.4 Å². The molecule has 0 aromatic heterocycles. The summed E-state index contributed by atoms with van der Waals surface area (Å²) in [6, 6.07) is 0. The van der Waals surface area contributed by atoms with Crippen molar-refractivity contribution in [1.29, 1.82) is 0 Å². The van der Waals surface area contributed by atoms with E-state index in [2.05, 4.69) is 20.8 Å². The summed E-state index contributed by atoms with van der Waals surface area (Å²) in [6.45, 7) is 6.80. The minimum Gasteiger partial charge on any atom is -0.392 e. The number of aliphatic hydroxyl groups excluding tert-OH is 1. The smallest absolute Gasteiger partial charge is 0.155 e. The summed E-state index contributed by atoms with van der Waals surface area (Å²) in [6.07, 6.45) is 9.48. The van der Waals surface area contributed by atoms with Gasteiger partial charge in [0.15, 0.2) is 5.78 Å². The number of ketones is 1. The van der Waals surface area contributed by atoms with Crippen LogP contribution >= 0.6 is 0 Å². The third-order valence-electron chi connectivity index (χ3n) is 8.91. The van der Waals surface area contributed by atoms with E-state index in [4.69, 9.17) is 0 Å². The molecule has 4 aliphatic rings. The van der Waals surface area contributed by atoms with E-state index in [1.807, 2.05) is 6.08 Å². The van der Waals surface area contributed by atoms with Gasteiger partial charge in [-0.3, -0.25) is 4.79 Å². The van der Waals surface area contributed by atoms with Gasteiger partial charge in [0, 0.05) is 12.3 Å². The van der Waals surface area contributed by atoms with Crippen LogP contribution in [0.5, 0.6) is 0 Å². The Bertz CT molecular complexity index is 623. The second-order valence-corrected chi connectivity index (χ2v) is 9.84. The molecule has 0 heterocycles. The summed E-state index contributed by atoms with van der Waals surface area (Å²) in [7, 11) is 0. The molecule has 3 heteroatoms. The monoisotopic (exact) mass is 344 g/mol. The van der Waals surface area contributed by atoms with Crippen molar-refractivity contribution in [3.05, 3.63) is 11.6 Å². The molecule has 138 valence electrons. The summed E-state index contributed by atoms with van der Waals surface area (Å²) in [4.78, 5) is 23.4. The van der Waals surface area contributed by atoms with Gasteiger partial charge in [0.05, 0.1) is 6.10 Å². The van der Waals surface area contributed by atoms with Gasteiger partial charge in [-0.05, 0) is 79.1 Å². The molecule has 0 aromatic rings. The molecular weight excluding hydrogens is 312 g/mol. The summed E-state index contributed by atoms with van der Waals surface area (Å²) in [5.74, 6) is 2.15. The SMILES string of the molecule is CC(C=O)[C@H]1CC[C@H]2[C@@H]3C(O)CC4=CC(=O)CC[C@]4(C)[C@H]3CC[C@]12C. The van der Waals surface area contributed by atoms with Crippen LogP contribution in [0.1, 0.15) is 65.7 Å². The molecule has 3 nitrogen and oxygen atoms in total. The first kappa shape index (κ1) is 17.5. The molecule has 3 saturated carbocycles. The Morgan fingerprint density at radius 3 is 2.68 bits per heavy atom. The molecule has 8 atom stereocenters. The Morgan fingerprint density at radius 1 is 1.20 bits per heavy atom. The summed E-state index contributed by atoms with van der Waals surface area (Å²) >= 11 is 0. The number of rotatable bonds is 2. The van der Waals surface area contributed by atoms with E-state index in [0.29, 0.717) is 36.5 Å². The highest BCUT2D eigenvalue weighted by molar-refractivity contribution is 5.91. The van der Waals surface area contributed by atoms with Crippen LogP contribution in [0.4, 0.5) is 0 Å². The molecule has 25 heavy (non-hydrogen) atoms. The average Bonchev–Trinajstić information content (AvgIpc) is 2.93. The molecule has 1 N–H and O–H groups in total. The van der Waals surface area contributed by atoms with E-state index in [0.717, 1.165) is 38.4 Å². The molecule has 0 saturated heterocycles. The van der Waals surface area contributed by atoms with Crippen LogP contribution in [-0.4, -0.2) is 23.3 Å². The van der Waals surface area contributed by atoms with E-state index in [1.165, 1.54) is 5.57 Å². The van der Waals surface area contributed by atoms with Crippen molar-refractivity contribution in [3.63, 3.8) is 0 Å². The van der Waals surface area contributed by atoms with Crippen LogP contribution < -0.4 is 0 Å². The largest absolute Gasteiger partial charge is 0.392 e. The lowest BCUT2D eigenvalue weighted by Crippen LogP contribution is -2.55. The quantitative estimate of drug-likeness (QED) is 0.772. The molecule has 3 fully saturated rings. The van der Waals surface area contributed by atoms with Crippen molar-refractivity contribution >= 4 is 12.1 Å². The Balaban J connectivity index is 1.69. The third kappa shape index (κ3) is 2.34. The van der Waals surface area contributed by atoms with Crippen molar-refractivity contribution in [2.45, 2.75) is 71.8 Å². The second kappa shape index (κ2) is 5.77. The van der Waals surface area contributed by atoms with E-state index in [-0.39, 0.29) is 28.6 Å². The number of aliphatic hydroxyl groups is 1. The fourth-order valence-corrected chi connectivity index (χ4v) is 7.53. The number of carbonyl (C=O) groups excluding carboxylic acids is 2. The molecule has 2 unspecified atom stereocenters. The van der Waals surface area contributed by atoms with Crippen LogP contribution in [-0.2, 0) is 9.59 Å². The number of fused-ring (bicyclic) bond motifs is 5. The molecular formula is C22H32O3. The Labute approximate surface area is 151 Å². The Kier molecular flexibility index (Phi) is 4.03. The van der Waals surface area contributed by atoms with Gasteiger partial charge in [-0.15, -0.1) is 0 Å². The fourth-order valence-electron chi connectivity index (χ4n) is 7.53. The highest BCUT2D eigenvalue weighted by Gasteiger charge is 2.61. The molecule has 0 amide bonds. The van der Waals surface area contributed by atoms with Crippen molar-refractivity contribution in [3.8, 4) is 0 Å². The molecule has 0 aliphatic heterocycles. The molecule has 0 bridgehead atoms. The molecule has 0 radical (unpaired) electrons. The van der Waals surface area contributed by atoms with Gasteiger partial charge in [0.1, 0.15) is 6.29 Å². The Morgan fingerprint density at radius 2 is 1.96 bits per heavy atom. The number of hydrogen-bond acceptors (Lipinski definition) is 3. The normalized spacial score (nSPS) is 50.3. The lowest BCUT2D eigenvalue weighted by molar-refractivity contribution is -0.126. The van der Waals surface area contributed by atoms with E-state index < -0.39 is 0 Å². The van der Waals surface area contributed by atoms with Gasteiger partial charge in [0.2, 0.25) is 0 Å². The van der Waals surface area contributed by atoms with Crippen LogP contribution in [0, 0.1) is 40.4 Å². The summed E-state index contributed by atoms with van der Waals surface area (Å²) < 4.78 is 0. The van der Waals surface area contributed by atoms with E-state index in [1.54, 1.807) is 0 Å². The molecule has 4 aliphatic carbocycles. The van der Waals surface area contributed by atoms with Crippen LogP contribution in [0.2, 0.25) is 0 Å². The van der Waals surface area contributed by atoms with Crippen LogP contribution in [0.25, 0.3) is 0 Å². The summed E-state index contributed by atoms with van der Waals surface area (Å²) in [5, 5.41) is 11.1. The van der Waals surface area contributed by atoms with Gasteiger partial charge in [-0.25, -0.2) is 0 Å². The van der Waals surface area contributed by atoms with Gasteiger partial charge in [0.25, 0.3) is 0 Å². The number of hydrogen-bond donors (Lipinski definition) is 1. The number of aldehydes is 1. The zero-order chi connectivity index (χ0) is 18.0. The first-order valence-corrected chi connectivity index (χ1v) is 10.2. The Hall–Kier alpha value is -0.960. The van der Waals surface area contributed by atoms with Gasteiger partial charge in [-0.1, -0.05) is 26.3 Å². The minimum atomic E-state index is -0.329. The zero-order valence-corrected chi connectivity index (χ0v) is 15.8. The topological polar surface area (TPSA) is 54.4 Å². The standard InChI is InChI=1S/C22H32O3/c1-13(12-23)16-4-5-17-20-18(7-9-22(16,17)3)21(2)8-6-15(24)10-14(21)11-19(20)25/h10,12-13,16-20,25H,4-9,11H2,1-3H3/t13?,16-,17+,18+,19?,20+,21+,22-/m1/s1. The minimum absolute atomic E-state index is 0.0908. The van der Waals surface area contributed by atoms with Crippen molar-refractivity contribution in [1.82, 2.24) is 0 Å². The average molecular weight is 344 g/mol. The van der Waals surface area contributed by atoms with Crippen LogP contribution in [0.3, 0.4) is 0 Å². The van der Waals surface area contributed by atoms with E-state index >= 15 is 0 Å². The second-order valence-electron chi connectivity index (χ2n) is 9.84. The third-order valence-corrected chi connectivity index (χ3v) is 8.91. The van der Waals surface area contributed by atoms with E-state index in [9.17, 15) is 14.7 Å². The maximum absolute atomic E-state index is 11.9. The van der Waals surface area contributed by atoms with Crippen molar-refractivity contribution < 1.29 is 14.7 Å². The van der Waals surface area contributed by atoms with Gasteiger partial charge < -0.3 is 9.90 Å². The predicted octanol–water partition coefficient (Wildman–Crippen LogP) is 3.94.